The molecule has 1 aliphatic rings. The van der Waals surface area contributed by atoms with Crippen molar-refractivity contribution in [3.63, 3.8) is 0 Å². The molecule has 0 aliphatic heterocycles. The largest absolute Gasteiger partial charge is 0.358 e. The van der Waals surface area contributed by atoms with Crippen molar-refractivity contribution >= 4 is 32.5 Å². The first-order chi connectivity index (χ1) is 14.4. The Hall–Kier alpha value is -2.64. The third-order valence-corrected chi connectivity index (χ3v) is 7.56. The predicted octanol–water partition coefficient (Wildman–Crippen LogP) is 3.87. The molecule has 7 heteroatoms. The van der Waals surface area contributed by atoms with Crippen LogP contribution in [0.15, 0.2) is 47.4 Å². The summed E-state index contributed by atoms with van der Waals surface area (Å²) in [5.41, 5.74) is 5.19. The molecular weight excluding hydrogens is 398 g/mol. The van der Waals surface area contributed by atoms with Gasteiger partial charge in [0.2, 0.25) is 15.9 Å². The van der Waals surface area contributed by atoms with Crippen LogP contribution in [0.4, 0.5) is 5.69 Å². The number of hydrogen-bond acceptors (Lipinski definition) is 3. The standard InChI is InChI=1S/C23H27N3O3S/c1-3-16-7-6-8-17(13-16)24-23(27)15-26(2)30(28,29)18-11-12-22-20(14-18)19-9-4-5-10-21(19)25-22/h6-8,11-14,25H,3-5,9-10,15H2,1-2H3,(H,24,27). The molecule has 0 fully saturated rings. The summed E-state index contributed by atoms with van der Waals surface area (Å²) in [6.07, 6.45) is 5.11. The molecule has 0 radical (unpaired) electrons. The van der Waals surface area contributed by atoms with Crippen LogP contribution in [0.25, 0.3) is 10.9 Å². The number of hydrogen-bond donors (Lipinski definition) is 2. The van der Waals surface area contributed by atoms with Gasteiger partial charge in [-0.25, -0.2) is 8.42 Å². The third-order valence-electron chi connectivity index (χ3n) is 5.76. The number of benzene rings is 2. The van der Waals surface area contributed by atoms with Gasteiger partial charge in [0.05, 0.1) is 11.4 Å². The Balaban J connectivity index is 1.53. The maximum atomic E-state index is 13.1. The number of nitrogens with one attached hydrogen (secondary N) is 2. The number of aromatic amines is 1. The highest BCUT2D eigenvalue weighted by atomic mass is 32.2. The SMILES string of the molecule is CCc1cccc(NC(=O)CN(C)S(=O)(=O)c2ccc3[nH]c4c(c3c2)CCCC4)c1. The molecule has 6 nitrogen and oxygen atoms in total. The second-order valence-corrected chi connectivity index (χ2v) is 9.90. The van der Waals surface area contributed by atoms with Gasteiger partial charge in [-0.3, -0.25) is 4.79 Å². The highest BCUT2D eigenvalue weighted by Gasteiger charge is 2.25. The minimum atomic E-state index is -3.78. The summed E-state index contributed by atoms with van der Waals surface area (Å²) in [5, 5.41) is 3.76. The van der Waals surface area contributed by atoms with E-state index in [2.05, 4.69) is 10.3 Å². The number of carbonyl (C=O) groups excluding carboxylic acids is 1. The number of aryl methyl sites for hydroxylation is 3. The van der Waals surface area contributed by atoms with Crippen molar-refractivity contribution in [1.82, 2.24) is 9.29 Å². The summed E-state index contributed by atoms with van der Waals surface area (Å²) in [5.74, 6) is -0.366. The van der Waals surface area contributed by atoms with Gasteiger partial charge in [-0.05, 0) is 73.6 Å². The summed E-state index contributed by atoms with van der Waals surface area (Å²) < 4.78 is 27.3. The maximum Gasteiger partial charge on any atom is 0.243 e. The minimum Gasteiger partial charge on any atom is -0.358 e. The lowest BCUT2D eigenvalue weighted by atomic mass is 9.96. The summed E-state index contributed by atoms with van der Waals surface area (Å²) in [4.78, 5) is 16.1. The van der Waals surface area contributed by atoms with Crippen LogP contribution in [0.5, 0.6) is 0 Å². The average Bonchev–Trinajstić information content (AvgIpc) is 3.11. The maximum absolute atomic E-state index is 13.1. The van der Waals surface area contributed by atoms with Gasteiger partial charge in [0, 0.05) is 29.3 Å². The summed E-state index contributed by atoms with van der Waals surface area (Å²) in [6, 6.07) is 12.7. The monoisotopic (exact) mass is 425 g/mol. The molecule has 0 saturated heterocycles. The van der Waals surface area contributed by atoms with Gasteiger partial charge in [-0.2, -0.15) is 4.31 Å². The third kappa shape index (κ3) is 4.00. The molecule has 1 heterocycles. The first-order valence-corrected chi connectivity index (χ1v) is 11.8. The fourth-order valence-electron chi connectivity index (χ4n) is 4.08. The van der Waals surface area contributed by atoms with Crippen LogP contribution in [0.1, 0.15) is 36.6 Å². The molecule has 0 unspecified atom stereocenters. The van der Waals surface area contributed by atoms with Crippen molar-refractivity contribution in [2.75, 3.05) is 18.9 Å². The first kappa shape index (κ1) is 20.6. The van der Waals surface area contributed by atoms with Crippen LogP contribution in [0.2, 0.25) is 0 Å². The van der Waals surface area contributed by atoms with Gasteiger partial charge in [-0.15, -0.1) is 0 Å². The van der Waals surface area contributed by atoms with Crippen LogP contribution in [0, 0.1) is 0 Å². The fraction of sp³-hybridized carbons (Fsp3) is 0.348. The van der Waals surface area contributed by atoms with Gasteiger partial charge in [0.15, 0.2) is 0 Å². The van der Waals surface area contributed by atoms with E-state index >= 15 is 0 Å². The number of rotatable bonds is 6. The van der Waals surface area contributed by atoms with Gasteiger partial charge < -0.3 is 10.3 Å². The Morgan fingerprint density at radius 2 is 1.93 bits per heavy atom. The van der Waals surface area contributed by atoms with E-state index in [9.17, 15) is 13.2 Å². The van der Waals surface area contributed by atoms with Gasteiger partial charge in [-0.1, -0.05) is 19.1 Å². The second-order valence-electron chi connectivity index (χ2n) is 7.86. The molecule has 1 amide bonds. The number of H-pyrrole nitrogens is 1. The average molecular weight is 426 g/mol. The smallest absolute Gasteiger partial charge is 0.243 e. The molecule has 0 saturated carbocycles. The molecule has 1 aliphatic carbocycles. The lowest BCUT2D eigenvalue weighted by Crippen LogP contribution is -2.35. The van der Waals surface area contributed by atoms with Crippen molar-refractivity contribution in [3.8, 4) is 0 Å². The second kappa shape index (κ2) is 8.24. The van der Waals surface area contributed by atoms with Gasteiger partial charge in [0.1, 0.15) is 0 Å². The Morgan fingerprint density at radius 1 is 1.13 bits per heavy atom. The van der Waals surface area contributed by atoms with E-state index in [-0.39, 0.29) is 17.3 Å². The zero-order chi connectivity index (χ0) is 21.3. The van der Waals surface area contributed by atoms with Crippen LogP contribution < -0.4 is 5.32 Å². The Bertz CT molecular complexity index is 1200. The van der Waals surface area contributed by atoms with Crippen molar-refractivity contribution in [1.29, 1.82) is 0 Å². The Kier molecular flexibility index (Phi) is 5.66. The summed E-state index contributed by atoms with van der Waals surface area (Å²) >= 11 is 0. The lowest BCUT2D eigenvalue weighted by molar-refractivity contribution is -0.116. The van der Waals surface area contributed by atoms with E-state index in [1.807, 2.05) is 31.2 Å². The minimum absolute atomic E-state index is 0.214. The van der Waals surface area contributed by atoms with Crippen molar-refractivity contribution < 1.29 is 13.2 Å². The van der Waals surface area contributed by atoms with Crippen LogP contribution in [0.3, 0.4) is 0 Å². The zero-order valence-corrected chi connectivity index (χ0v) is 18.2. The number of fused-ring (bicyclic) bond motifs is 3. The molecule has 3 aromatic rings. The topological polar surface area (TPSA) is 82.3 Å². The highest BCUT2D eigenvalue weighted by Crippen LogP contribution is 2.31. The fourth-order valence-corrected chi connectivity index (χ4v) is 5.24. The Labute approximate surface area is 177 Å². The Morgan fingerprint density at radius 3 is 2.73 bits per heavy atom. The number of nitrogens with zero attached hydrogens (tertiary/aromatic N) is 1. The summed E-state index contributed by atoms with van der Waals surface area (Å²) in [6.45, 7) is 1.79. The van der Waals surface area contributed by atoms with E-state index in [0.717, 1.165) is 52.9 Å². The van der Waals surface area contributed by atoms with E-state index < -0.39 is 10.0 Å². The number of anilines is 1. The molecule has 158 valence electrons. The molecule has 1 aromatic heterocycles. The van der Waals surface area contributed by atoms with E-state index in [1.165, 1.54) is 18.3 Å². The zero-order valence-electron chi connectivity index (χ0n) is 17.4. The normalized spacial score (nSPS) is 14.1. The van der Waals surface area contributed by atoms with Crippen molar-refractivity contribution in [2.24, 2.45) is 0 Å². The summed E-state index contributed by atoms with van der Waals surface area (Å²) in [7, 11) is -2.34. The van der Waals surface area contributed by atoms with Crippen LogP contribution in [-0.4, -0.2) is 37.2 Å². The molecular formula is C23H27N3O3S. The highest BCUT2D eigenvalue weighted by molar-refractivity contribution is 7.89. The molecule has 4 rings (SSSR count). The predicted molar refractivity (Wildman–Crippen MR) is 119 cm³/mol. The van der Waals surface area contributed by atoms with Gasteiger partial charge in [0.25, 0.3) is 0 Å². The lowest BCUT2D eigenvalue weighted by Gasteiger charge is -2.17. The molecule has 0 bridgehead atoms. The number of carbonyl (C=O) groups is 1. The molecule has 2 N–H and O–H groups in total. The van der Waals surface area contributed by atoms with Crippen molar-refractivity contribution in [2.45, 2.75) is 43.9 Å². The van der Waals surface area contributed by atoms with Gasteiger partial charge >= 0.3 is 0 Å². The van der Waals surface area contributed by atoms with Crippen LogP contribution >= 0.6 is 0 Å². The quantitative estimate of drug-likeness (QED) is 0.629. The van der Waals surface area contributed by atoms with Crippen molar-refractivity contribution in [3.05, 3.63) is 59.3 Å². The number of likely N-dealkylation sites (N-methyl/N-ethyl adjacent to an activating group) is 1. The number of sulfonamides is 1. The van der Waals surface area contributed by atoms with E-state index in [1.54, 1.807) is 18.2 Å². The van der Waals surface area contributed by atoms with E-state index in [0.29, 0.717) is 5.69 Å². The molecule has 30 heavy (non-hydrogen) atoms. The number of amides is 1. The van der Waals surface area contributed by atoms with E-state index in [4.69, 9.17) is 0 Å². The van der Waals surface area contributed by atoms with Crippen LogP contribution in [-0.2, 0) is 34.1 Å². The molecule has 0 spiro atoms. The first-order valence-electron chi connectivity index (χ1n) is 10.4. The number of aromatic nitrogens is 1. The molecule has 0 atom stereocenters. The molecule has 2 aromatic carbocycles.